The maximum absolute atomic E-state index is 11.8. The van der Waals surface area contributed by atoms with Crippen LogP contribution in [0.5, 0.6) is 0 Å². The normalized spacial score (nSPS) is 9.94. The van der Waals surface area contributed by atoms with Crippen molar-refractivity contribution in [1.29, 1.82) is 0 Å². The fraction of sp³-hybridized carbons (Fsp3) is 0.222. The van der Waals surface area contributed by atoms with E-state index in [2.05, 4.69) is 20.9 Å². The third kappa shape index (κ3) is 3.18. The molecule has 0 aromatic carbocycles. The van der Waals surface area contributed by atoms with E-state index in [4.69, 9.17) is 17.3 Å². The average Bonchev–Trinajstić information content (AvgIpc) is 2.19. The molecule has 1 aromatic heterocycles. The molecule has 0 saturated heterocycles. The highest BCUT2D eigenvalue weighted by molar-refractivity contribution is 9.10. The number of hydrogen-bond donors (Lipinski definition) is 1. The lowest BCUT2D eigenvalue weighted by atomic mass is 10.2. The number of likely N-dealkylation sites (N-methyl/N-ethyl adjacent to an activating group) is 1. The molecule has 0 saturated carbocycles. The van der Waals surface area contributed by atoms with Crippen LogP contribution >= 0.6 is 27.5 Å². The largest absolute Gasteiger partial charge is 0.368 e. The van der Waals surface area contributed by atoms with Gasteiger partial charge in [-0.25, -0.2) is 4.98 Å². The summed E-state index contributed by atoms with van der Waals surface area (Å²) in [6, 6.07) is 1.54. The van der Waals surface area contributed by atoms with Crippen LogP contribution in [0.1, 0.15) is 10.4 Å². The highest BCUT2D eigenvalue weighted by atomic mass is 79.9. The smallest absolute Gasteiger partial charge is 0.257 e. The number of primary amides is 1. The molecule has 5 nitrogen and oxygen atoms in total. The number of amides is 2. The number of nitrogens with zero attached hydrogens (tertiary/aromatic N) is 2. The SMILES string of the molecule is CN(CC(N)=O)C(=O)c1cc(Br)cnc1Cl. The molecule has 0 bridgehead atoms. The van der Waals surface area contributed by atoms with Gasteiger partial charge in [0.05, 0.1) is 12.1 Å². The zero-order valence-corrected chi connectivity index (χ0v) is 10.7. The topological polar surface area (TPSA) is 76.3 Å². The average molecular weight is 307 g/mol. The van der Waals surface area contributed by atoms with Crippen molar-refractivity contribution in [2.75, 3.05) is 13.6 Å². The minimum Gasteiger partial charge on any atom is -0.368 e. The second kappa shape index (κ2) is 5.27. The lowest BCUT2D eigenvalue weighted by Crippen LogP contribution is -2.35. The van der Waals surface area contributed by atoms with Crippen LogP contribution in [0.15, 0.2) is 16.7 Å². The maximum atomic E-state index is 11.8. The Morgan fingerprint density at radius 2 is 2.25 bits per heavy atom. The molecule has 2 N–H and O–H groups in total. The zero-order chi connectivity index (χ0) is 12.3. The van der Waals surface area contributed by atoms with Crippen molar-refractivity contribution < 1.29 is 9.59 Å². The number of aromatic nitrogens is 1. The van der Waals surface area contributed by atoms with Gasteiger partial charge >= 0.3 is 0 Å². The Morgan fingerprint density at radius 1 is 1.62 bits per heavy atom. The van der Waals surface area contributed by atoms with Crippen molar-refractivity contribution in [2.45, 2.75) is 0 Å². The van der Waals surface area contributed by atoms with Gasteiger partial charge in [0.25, 0.3) is 5.91 Å². The summed E-state index contributed by atoms with van der Waals surface area (Å²) in [5.41, 5.74) is 5.21. The molecule has 0 aliphatic heterocycles. The van der Waals surface area contributed by atoms with Crippen LogP contribution in [0.2, 0.25) is 5.15 Å². The van der Waals surface area contributed by atoms with Crippen LogP contribution in [0, 0.1) is 0 Å². The monoisotopic (exact) mass is 305 g/mol. The molecule has 16 heavy (non-hydrogen) atoms. The van der Waals surface area contributed by atoms with Gasteiger partial charge < -0.3 is 10.6 Å². The van der Waals surface area contributed by atoms with E-state index >= 15 is 0 Å². The summed E-state index contributed by atoms with van der Waals surface area (Å²) in [7, 11) is 1.46. The van der Waals surface area contributed by atoms with Crippen molar-refractivity contribution in [1.82, 2.24) is 9.88 Å². The first kappa shape index (κ1) is 12.9. The van der Waals surface area contributed by atoms with Gasteiger partial charge in [0.1, 0.15) is 5.15 Å². The number of rotatable bonds is 3. The van der Waals surface area contributed by atoms with Gasteiger partial charge in [-0.1, -0.05) is 11.6 Å². The molecule has 0 aliphatic rings. The fourth-order valence-corrected chi connectivity index (χ4v) is 1.60. The van der Waals surface area contributed by atoms with E-state index in [0.717, 1.165) is 0 Å². The van der Waals surface area contributed by atoms with Crippen LogP contribution in [0.4, 0.5) is 0 Å². The minimum atomic E-state index is -0.588. The predicted octanol–water partition coefficient (Wildman–Crippen LogP) is 1.05. The zero-order valence-electron chi connectivity index (χ0n) is 8.41. The molecule has 1 heterocycles. The molecule has 0 unspecified atom stereocenters. The van der Waals surface area contributed by atoms with E-state index in [0.29, 0.717) is 4.47 Å². The van der Waals surface area contributed by atoms with E-state index in [9.17, 15) is 9.59 Å². The molecule has 0 spiro atoms. The summed E-state index contributed by atoms with van der Waals surface area (Å²) in [6.07, 6.45) is 1.48. The molecular weight excluding hydrogens is 297 g/mol. The van der Waals surface area contributed by atoms with Gasteiger partial charge in [-0.2, -0.15) is 0 Å². The Hall–Kier alpha value is -1.14. The molecule has 0 atom stereocenters. The highest BCUT2D eigenvalue weighted by Gasteiger charge is 2.17. The summed E-state index contributed by atoms with van der Waals surface area (Å²) in [5, 5.41) is 0.0875. The summed E-state index contributed by atoms with van der Waals surface area (Å²) in [5.74, 6) is -0.993. The lowest BCUT2D eigenvalue weighted by Gasteiger charge is -2.15. The molecule has 7 heteroatoms. The molecule has 0 fully saturated rings. The number of hydrogen-bond acceptors (Lipinski definition) is 3. The molecule has 1 rings (SSSR count). The van der Waals surface area contributed by atoms with E-state index in [1.807, 2.05) is 0 Å². The number of halogens is 2. The van der Waals surface area contributed by atoms with Gasteiger partial charge in [0.15, 0.2) is 0 Å². The maximum Gasteiger partial charge on any atom is 0.257 e. The molecule has 0 radical (unpaired) electrons. The number of carbonyl (C=O) groups is 2. The Balaban J connectivity index is 2.95. The lowest BCUT2D eigenvalue weighted by molar-refractivity contribution is -0.118. The molecular formula is C9H9BrClN3O2. The second-order valence-electron chi connectivity index (χ2n) is 3.12. The first-order valence-electron chi connectivity index (χ1n) is 4.26. The van der Waals surface area contributed by atoms with Gasteiger partial charge in [-0.15, -0.1) is 0 Å². The molecule has 2 amide bonds. The third-order valence-electron chi connectivity index (χ3n) is 1.78. The van der Waals surface area contributed by atoms with Gasteiger partial charge in [-0.05, 0) is 22.0 Å². The van der Waals surface area contributed by atoms with Crippen molar-refractivity contribution in [3.05, 3.63) is 27.5 Å². The Bertz CT molecular complexity index is 439. The van der Waals surface area contributed by atoms with Crippen molar-refractivity contribution in [2.24, 2.45) is 5.73 Å². The number of carbonyl (C=O) groups excluding carboxylic acids is 2. The van der Waals surface area contributed by atoms with E-state index in [-0.39, 0.29) is 17.3 Å². The third-order valence-corrected chi connectivity index (χ3v) is 2.51. The van der Waals surface area contributed by atoms with E-state index < -0.39 is 11.8 Å². The fourth-order valence-electron chi connectivity index (χ4n) is 1.08. The van der Waals surface area contributed by atoms with Crippen molar-refractivity contribution in [3.8, 4) is 0 Å². The summed E-state index contributed by atoms with van der Waals surface area (Å²) in [4.78, 5) is 27.5. The van der Waals surface area contributed by atoms with Crippen LogP contribution < -0.4 is 5.73 Å². The first-order valence-corrected chi connectivity index (χ1v) is 5.43. The molecule has 0 aliphatic carbocycles. The Kier molecular flexibility index (Phi) is 4.26. The first-order chi connectivity index (χ1) is 7.41. The van der Waals surface area contributed by atoms with Crippen LogP contribution in [-0.4, -0.2) is 35.3 Å². The molecule has 1 aromatic rings. The van der Waals surface area contributed by atoms with Gasteiger partial charge in [0.2, 0.25) is 5.91 Å². The van der Waals surface area contributed by atoms with Gasteiger partial charge in [-0.3, -0.25) is 9.59 Å². The number of nitrogens with two attached hydrogens (primary N) is 1. The minimum absolute atomic E-state index is 0.0875. The van der Waals surface area contributed by atoms with Crippen LogP contribution in [0.3, 0.4) is 0 Å². The summed E-state index contributed by atoms with van der Waals surface area (Å²) < 4.78 is 0.632. The predicted molar refractivity (Wildman–Crippen MR) is 63.1 cm³/mol. The summed E-state index contributed by atoms with van der Waals surface area (Å²) >= 11 is 8.96. The van der Waals surface area contributed by atoms with Crippen molar-refractivity contribution >= 4 is 39.3 Å². The highest BCUT2D eigenvalue weighted by Crippen LogP contribution is 2.19. The quantitative estimate of drug-likeness (QED) is 0.848. The molecule has 86 valence electrons. The Labute approximate surface area is 106 Å². The van der Waals surface area contributed by atoms with Crippen molar-refractivity contribution in [3.63, 3.8) is 0 Å². The van der Waals surface area contributed by atoms with Crippen LogP contribution in [0.25, 0.3) is 0 Å². The van der Waals surface area contributed by atoms with E-state index in [1.54, 1.807) is 0 Å². The summed E-state index contributed by atoms with van der Waals surface area (Å²) in [6.45, 7) is -0.165. The Morgan fingerprint density at radius 3 is 2.81 bits per heavy atom. The second-order valence-corrected chi connectivity index (χ2v) is 4.39. The van der Waals surface area contributed by atoms with Gasteiger partial charge in [0, 0.05) is 17.7 Å². The number of pyridine rings is 1. The van der Waals surface area contributed by atoms with Crippen LogP contribution in [-0.2, 0) is 4.79 Å². The van der Waals surface area contributed by atoms with E-state index in [1.165, 1.54) is 24.2 Å². The standard InChI is InChI=1S/C9H9BrClN3O2/c1-14(4-7(12)15)9(16)6-2-5(10)3-13-8(6)11/h2-3H,4H2,1H3,(H2,12,15).